The lowest BCUT2D eigenvalue weighted by Gasteiger charge is -2.25. The van der Waals surface area contributed by atoms with Gasteiger partial charge >= 0.3 is 6.18 Å². The maximum absolute atomic E-state index is 12.5. The van der Waals surface area contributed by atoms with Crippen LogP contribution in [0, 0.1) is 5.92 Å². The number of nitrogens with one attached hydrogen (secondary N) is 1. The Morgan fingerprint density at radius 1 is 1.35 bits per heavy atom. The molecular weight excluding hydrogens is 269 g/mol. The topological polar surface area (TPSA) is 47.3 Å². The average Bonchev–Trinajstić information content (AvgIpc) is 2.82. The van der Waals surface area contributed by atoms with Crippen LogP contribution in [-0.2, 0) is 17.3 Å². The second-order valence-corrected chi connectivity index (χ2v) is 5.20. The van der Waals surface area contributed by atoms with Crippen molar-refractivity contribution < 1.29 is 17.9 Å². The number of ether oxygens (including phenoxy) is 1. The van der Waals surface area contributed by atoms with E-state index < -0.39 is 11.7 Å². The van der Waals surface area contributed by atoms with E-state index in [9.17, 15) is 13.2 Å². The molecule has 6 heteroatoms. The van der Waals surface area contributed by atoms with Crippen molar-refractivity contribution in [2.45, 2.75) is 38.1 Å². The summed E-state index contributed by atoms with van der Waals surface area (Å²) in [5.41, 5.74) is 2.97. The van der Waals surface area contributed by atoms with E-state index in [1.54, 1.807) is 0 Å². The molecule has 0 aliphatic carbocycles. The number of hydrogen-bond donors (Lipinski definition) is 2. The lowest BCUT2D eigenvalue weighted by molar-refractivity contribution is -0.137. The van der Waals surface area contributed by atoms with Crippen LogP contribution in [0.25, 0.3) is 0 Å². The molecule has 1 saturated heterocycles. The van der Waals surface area contributed by atoms with Crippen molar-refractivity contribution in [3.05, 3.63) is 35.4 Å². The van der Waals surface area contributed by atoms with Crippen molar-refractivity contribution >= 4 is 0 Å². The third-order valence-electron chi connectivity index (χ3n) is 3.90. The van der Waals surface area contributed by atoms with Crippen molar-refractivity contribution in [2.75, 3.05) is 6.61 Å². The lowest BCUT2D eigenvalue weighted by Crippen LogP contribution is -2.44. The van der Waals surface area contributed by atoms with E-state index in [1.165, 1.54) is 12.1 Å². The molecule has 3 unspecified atom stereocenters. The molecule has 0 aromatic heterocycles. The molecule has 1 fully saturated rings. The van der Waals surface area contributed by atoms with Crippen LogP contribution in [0.4, 0.5) is 13.2 Å². The number of alkyl halides is 3. The van der Waals surface area contributed by atoms with Crippen LogP contribution in [0.1, 0.15) is 24.5 Å². The quantitative estimate of drug-likeness (QED) is 0.661. The molecule has 1 aliphatic rings. The summed E-state index contributed by atoms with van der Waals surface area (Å²) in [5.74, 6) is 5.86. The van der Waals surface area contributed by atoms with E-state index in [4.69, 9.17) is 10.6 Å². The number of nitrogens with two attached hydrogens (primary N) is 1. The van der Waals surface area contributed by atoms with Gasteiger partial charge in [0, 0.05) is 18.6 Å². The van der Waals surface area contributed by atoms with Gasteiger partial charge in [-0.3, -0.25) is 11.3 Å². The predicted octanol–water partition coefficient (Wildman–Crippen LogP) is 2.50. The van der Waals surface area contributed by atoms with Gasteiger partial charge in [-0.1, -0.05) is 12.1 Å². The third-order valence-corrected chi connectivity index (χ3v) is 3.90. The number of hydrogen-bond acceptors (Lipinski definition) is 3. The van der Waals surface area contributed by atoms with Crippen LogP contribution >= 0.6 is 0 Å². The van der Waals surface area contributed by atoms with Crippen molar-refractivity contribution in [3.63, 3.8) is 0 Å². The lowest BCUT2D eigenvalue weighted by atomic mass is 9.89. The fourth-order valence-electron chi connectivity index (χ4n) is 2.69. The van der Waals surface area contributed by atoms with Gasteiger partial charge in [-0.25, -0.2) is 0 Å². The highest BCUT2D eigenvalue weighted by molar-refractivity contribution is 5.25. The second-order valence-electron chi connectivity index (χ2n) is 5.20. The largest absolute Gasteiger partial charge is 0.416 e. The van der Waals surface area contributed by atoms with Gasteiger partial charge in [-0.15, -0.1) is 0 Å². The van der Waals surface area contributed by atoms with Gasteiger partial charge in [-0.2, -0.15) is 13.2 Å². The van der Waals surface area contributed by atoms with Crippen LogP contribution in [0.15, 0.2) is 24.3 Å². The van der Waals surface area contributed by atoms with Crippen LogP contribution < -0.4 is 11.3 Å². The van der Waals surface area contributed by atoms with Crippen molar-refractivity contribution in [1.82, 2.24) is 5.43 Å². The summed E-state index contributed by atoms with van der Waals surface area (Å²) in [6.07, 6.45) is -2.67. The molecule has 1 aromatic rings. The molecule has 0 spiro atoms. The van der Waals surface area contributed by atoms with E-state index in [-0.39, 0.29) is 18.1 Å². The third kappa shape index (κ3) is 3.50. The van der Waals surface area contributed by atoms with Crippen LogP contribution in [0.2, 0.25) is 0 Å². The van der Waals surface area contributed by atoms with E-state index in [1.807, 2.05) is 6.92 Å². The zero-order valence-corrected chi connectivity index (χ0v) is 11.3. The molecule has 3 N–H and O–H groups in total. The molecule has 3 nitrogen and oxygen atoms in total. The summed E-state index contributed by atoms with van der Waals surface area (Å²) in [6, 6.07) is 5.24. The minimum Gasteiger partial charge on any atom is -0.378 e. The number of halogens is 3. The summed E-state index contributed by atoms with van der Waals surface area (Å²) >= 11 is 0. The molecule has 1 aliphatic heterocycles. The standard InChI is InChI=1S/C14H19F3N2O/c1-9-12(6-7-20-9)13(19-18)8-10-2-4-11(5-3-10)14(15,16)17/h2-5,9,12-13,19H,6-8,18H2,1H3. The van der Waals surface area contributed by atoms with Crippen molar-refractivity contribution in [2.24, 2.45) is 11.8 Å². The predicted molar refractivity (Wildman–Crippen MR) is 69.8 cm³/mol. The van der Waals surface area contributed by atoms with Crippen LogP contribution in [0.3, 0.4) is 0 Å². The SMILES string of the molecule is CC1OCCC1C(Cc1ccc(C(F)(F)F)cc1)NN. The van der Waals surface area contributed by atoms with Crippen LogP contribution in [-0.4, -0.2) is 18.8 Å². The molecule has 2 rings (SSSR count). The number of hydrazine groups is 1. The highest BCUT2D eigenvalue weighted by Crippen LogP contribution is 2.30. The summed E-state index contributed by atoms with van der Waals surface area (Å²) in [5, 5.41) is 0. The molecule has 0 bridgehead atoms. The Bertz CT molecular complexity index is 433. The first-order valence-corrected chi connectivity index (χ1v) is 6.65. The summed E-state index contributed by atoms with van der Waals surface area (Å²) < 4.78 is 43.0. The molecule has 0 amide bonds. The van der Waals surface area contributed by atoms with Gasteiger partial charge in [-0.05, 0) is 37.5 Å². The van der Waals surface area contributed by atoms with Gasteiger partial charge in [0.25, 0.3) is 0 Å². The summed E-state index contributed by atoms with van der Waals surface area (Å²) in [7, 11) is 0. The van der Waals surface area contributed by atoms with E-state index in [2.05, 4.69) is 5.43 Å². The molecule has 1 aromatic carbocycles. The Kier molecular flexibility index (Phi) is 4.67. The molecule has 112 valence electrons. The second kappa shape index (κ2) is 6.11. The fourth-order valence-corrected chi connectivity index (χ4v) is 2.69. The minimum atomic E-state index is -4.29. The van der Waals surface area contributed by atoms with Gasteiger partial charge < -0.3 is 4.74 Å². The van der Waals surface area contributed by atoms with Crippen LogP contribution in [0.5, 0.6) is 0 Å². The molecule has 20 heavy (non-hydrogen) atoms. The number of benzene rings is 1. The van der Waals surface area contributed by atoms with E-state index in [0.29, 0.717) is 13.0 Å². The smallest absolute Gasteiger partial charge is 0.378 e. The normalized spacial score (nSPS) is 24.9. The minimum absolute atomic E-state index is 0.00392. The number of rotatable bonds is 4. The zero-order valence-electron chi connectivity index (χ0n) is 11.3. The Balaban J connectivity index is 2.04. The molecule has 0 saturated carbocycles. The Hall–Kier alpha value is -1.11. The summed E-state index contributed by atoms with van der Waals surface area (Å²) in [4.78, 5) is 0. The Labute approximate surface area is 116 Å². The molecular formula is C14H19F3N2O. The van der Waals surface area contributed by atoms with Crippen molar-refractivity contribution in [3.8, 4) is 0 Å². The average molecular weight is 288 g/mol. The molecule has 0 radical (unpaired) electrons. The Morgan fingerprint density at radius 2 is 2.00 bits per heavy atom. The Morgan fingerprint density at radius 3 is 2.45 bits per heavy atom. The highest BCUT2D eigenvalue weighted by Gasteiger charge is 2.32. The van der Waals surface area contributed by atoms with Gasteiger partial charge in [0.15, 0.2) is 0 Å². The van der Waals surface area contributed by atoms with Gasteiger partial charge in [0.2, 0.25) is 0 Å². The van der Waals surface area contributed by atoms with E-state index in [0.717, 1.165) is 24.1 Å². The maximum atomic E-state index is 12.5. The summed E-state index contributed by atoms with van der Waals surface area (Å²) in [6.45, 7) is 2.70. The fraction of sp³-hybridized carbons (Fsp3) is 0.571. The first kappa shape index (κ1) is 15.3. The first-order chi connectivity index (χ1) is 9.41. The molecule has 1 heterocycles. The molecule has 3 atom stereocenters. The zero-order chi connectivity index (χ0) is 14.8. The van der Waals surface area contributed by atoms with Gasteiger partial charge in [0.05, 0.1) is 11.7 Å². The monoisotopic (exact) mass is 288 g/mol. The maximum Gasteiger partial charge on any atom is 0.416 e. The first-order valence-electron chi connectivity index (χ1n) is 6.65. The highest BCUT2D eigenvalue weighted by atomic mass is 19.4. The van der Waals surface area contributed by atoms with Gasteiger partial charge in [0.1, 0.15) is 0 Å². The van der Waals surface area contributed by atoms with Crippen molar-refractivity contribution in [1.29, 1.82) is 0 Å². The van der Waals surface area contributed by atoms with E-state index >= 15 is 0 Å².